The molecule has 0 saturated carbocycles. The van der Waals surface area contributed by atoms with E-state index >= 15 is 0 Å². The highest BCUT2D eigenvalue weighted by molar-refractivity contribution is 5.89. The molecule has 28 heavy (non-hydrogen) atoms. The number of hydrogen-bond donors (Lipinski definition) is 1. The highest BCUT2D eigenvalue weighted by atomic mass is 16.5. The second-order valence-corrected chi connectivity index (χ2v) is 6.09. The van der Waals surface area contributed by atoms with Crippen molar-refractivity contribution in [3.05, 3.63) is 64.2 Å². The Morgan fingerprint density at radius 1 is 1.18 bits per heavy atom. The molecule has 3 rings (SSSR count). The molecule has 1 heterocycles. The predicted molar refractivity (Wildman–Crippen MR) is 109 cm³/mol. The maximum Gasteiger partial charge on any atom is 0.259 e. The van der Waals surface area contributed by atoms with Crippen LogP contribution in [0.4, 0.5) is 0 Å². The largest absolute Gasteiger partial charge is 0.490 e. The molecule has 0 fully saturated rings. The lowest BCUT2D eigenvalue weighted by Crippen LogP contribution is -2.11. The van der Waals surface area contributed by atoms with Gasteiger partial charge in [0.05, 0.1) is 29.7 Å². The summed E-state index contributed by atoms with van der Waals surface area (Å²) in [6.07, 6.45) is 2.56. The van der Waals surface area contributed by atoms with Crippen LogP contribution in [0.15, 0.2) is 47.3 Å². The molecule has 0 aliphatic heterocycles. The van der Waals surface area contributed by atoms with Crippen LogP contribution in [0.2, 0.25) is 0 Å². The average Bonchev–Trinajstić information content (AvgIpc) is 2.71. The van der Waals surface area contributed by atoms with E-state index in [1.807, 2.05) is 32.0 Å². The molecule has 1 N–H and O–H groups in total. The van der Waals surface area contributed by atoms with Crippen molar-refractivity contribution in [2.75, 3.05) is 13.2 Å². The number of nitrogens with one attached hydrogen (secondary N) is 1. The summed E-state index contributed by atoms with van der Waals surface area (Å²) in [5.41, 5.74) is 1.27. The molecule has 0 amide bonds. The number of aromatic nitrogens is 2. The van der Waals surface area contributed by atoms with Gasteiger partial charge in [0, 0.05) is 0 Å². The van der Waals surface area contributed by atoms with Gasteiger partial charge in [-0.25, -0.2) is 4.98 Å². The van der Waals surface area contributed by atoms with Gasteiger partial charge >= 0.3 is 0 Å². The maximum atomic E-state index is 12.3. The van der Waals surface area contributed by atoms with Crippen molar-refractivity contribution in [2.24, 2.45) is 0 Å². The Morgan fingerprint density at radius 3 is 2.75 bits per heavy atom. The summed E-state index contributed by atoms with van der Waals surface area (Å²) in [6.45, 7) is 5.03. The van der Waals surface area contributed by atoms with E-state index in [1.165, 1.54) is 0 Å². The van der Waals surface area contributed by atoms with Crippen molar-refractivity contribution < 1.29 is 9.47 Å². The number of benzene rings is 2. The van der Waals surface area contributed by atoms with Gasteiger partial charge in [0.1, 0.15) is 6.07 Å². The summed E-state index contributed by atoms with van der Waals surface area (Å²) in [7, 11) is 0. The molecule has 6 nitrogen and oxygen atoms in total. The molecule has 0 aliphatic rings. The standard InChI is InChI=1S/C22H21N3O3/c1-3-11-28-19-10-9-15(13-20(19)27-4-2)12-16(14-23)21-24-18-8-6-5-7-17(18)22(26)25-21/h5-10,12-13H,3-4,11H2,1-2H3,(H,24,25,26). The van der Waals surface area contributed by atoms with Gasteiger partial charge in [-0.3, -0.25) is 4.79 Å². The number of aromatic amines is 1. The first-order valence-electron chi connectivity index (χ1n) is 9.17. The Hall–Kier alpha value is -3.59. The Labute approximate surface area is 163 Å². The van der Waals surface area contributed by atoms with Crippen LogP contribution in [0, 0.1) is 11.3 Å². The highest BCUT2D eigenvalue weighted by Crippen LogP contribution is 2.30. The van der Waals surface area contributed by atoms with E-state index in [4.69, 9.17) is 9.47 Å². The Kier molecular flexibility index (Phi) is 6.07. The molecule has 2 aromatic carbocycles. The minimum Gasteiger partial charge on any atom is -0.490 e. The van der Waals surface area contributed by atoms with Crippen molar-refractivity contribution in [3.8, 4) is 17.6 Å². The number of hydrogen-bond acceptors (Lipinski definition) is 5. The van der Waals surface area contributed by atoms with E-state index in [0.717, 1.165) is 12.0 Å². The number of allylic oxidation sites excluding steroid dienone is 1. The number of fused-ring (bicyclic) bond motifs is 1. The molecule has 0 bridgehead atoms. The van der Waals surface area contributed by atoms with Gasteiger partial charge in [0.2, 0.25) is 0 Å². The molecule has 0 unspecified atom stereocenters. The normalized spacial score (nSPS) is 11.2. The summed E-state index contributed by atoms with van der Waals surface area (Å²) in [5, 5.41) is 10.1. The minimum absolute atomic E-state index is 0.232. The fourth-order valence-corrected chi connectivity index (χ4v) is 2.75. The van der Waals surface area contributed by atoms with Gasteiger partial charge < -0.3 is 14.5 Å². The van der Waals surface area contributed by atoms with E-state index in [2.05, 4.69) is 16.0 Å². The SMILES string of the molecule is CCCOc1ccc(C=C(C#N)c2nc3ccccc3c(=O)[nH]2)cc1OCC. The molecular weight excluding hydrogens is 354 g/mol. The number of ether oxygens (including phenoxy) is 2. The lowest BCUT2D eigenvalue weighted by atomic mass is 10.1. The van der Waals surface area contributed by atoms with Crippen molar-refractivity contribution in [2.45, 2.75) is 20.3 Å². The third-order valence-corrected chi connectivity index (χ3v) is 4.03. The number of nitriles is 1. The van der Waals surface area contributed by atoms with E-state index < -0.39 is 0 Å². The molecule has 0 aliphatic carbocycles. The van der Waals surface area contributed by atoms with Crippen LogP contribution in [0.25, 0.3) is 22.6 Å². The van der Waals surface area contributed by atoms with Crippen LogP contribution in [-0.4, -0.2) is 23.2 Å². The Morgan fingerprint density at radius 2 is 2.00 bits per heavy atom. The Bertz CT molecular complexity index is 1110. The molecular formula is C22H21N3O3. The summed E-state index contributed by atoms with van der Waals surface area (Å²) in [4.78, 5) is 19.4. The summed E-state index contributed by atoms with van der Waals surface area (Å²) in [5.74, 6) is 1.51. The third-order valence-electron chi connectivity index (χ3n) is 4.03. The summed E-state index contributed by atoms with van der Waals surface area (Å²) >= 11 is 0. The first-order chi connectivity index (χ1) is 13.7. The first-order valence-corrected chi connectivity index (χ1v) is 9.17. The fourth-order valence-electron chi connectivity index (χ4n) is 2.75. The summed E-state index contributed by atoms with van der Waals surface area (Å²) < 4.78 is 11.4. The average molecular weight is 375 g/mol. The van der Waals surface area contributed by atoms with E-state index in [1.54, 1.807) is 30.3 Å². The van der Waals surface area contributed by atoms with Gasteiger partial charge in [-0.1, -0.05) is 25.1 Å². The molecule has 0 spiro atoms. The van der Waals surface area contributed by atoms with Gasteiger partial charge in [-0.05, 0) is 49.2 Å². The van der Waals surface area contributed by atoms with Crippen molar-refractivity contribution in [1.82, 2.24) is 9.97 Å². The number of nitrogens with zero attached hydrogens (tertiary/aromatic N) is 2. The number of para-hydroxylation sites is 1. The number of H-pyrrole nitrogens is 1. The molecule has 142 valence electrons. The van der Waals surface area contributed by atoms with Gasteiger partial charge in [0.25, 0.3) is 5.56 Å². The highest BCUT2D eigenvalue weighted by Gasteiger charge is 2.10. The molecule has 0 radical (unpaired) electrons. The molecule has 1 aromatic heterocycles. The second-order valence-electron chi connectivity index (χ2n) is 6.09. The zero-order valence-electron chi connectivity index (χ0n) is 15.9. The molecule has 0 saturated heterocycles. The van der Waals surface area contributed by atoms with Crippen LogP contribution in [0.3, 0.4) is 0 Å². The second kappa shape index (κ2) is 8.87. The van der Waals surface area contributed by atoms with Gasteiger partial charge in [-0.2, -0.15) is 5.26 Å². The van der Waals surface area contributed by atoms with Gasteiger partial charge in [0.15, 0.2) is 17.3 Å². The topological polar surface area (TPSA) is 88.0 Å². The number of rotatable bonds is 7. The van der Waals surface area contributed by atoms with E-state index in [9.17, 15) is 10.1 Å². The lowest BCUT2D eigenvalue weighted by Gasteiger charge is -2.12. The van der Waals surface area contributed by atoms with Crippen molar-refractivity contribution in [3.63, 3.8) is 0 Å². The van der Waals surface area contributed by atoms with E-state index in [0.29, 0.717) is 35.6 Å². The smallest absolute Gasteiger partial charge is 0.259 e. The molecule has 3 aromatic rings. The van der Waals surface area contributed by atoms with Crippen molar-refractivity contribution >= 4 is 22.6 Å². The van der Waals surface area contributed by atoms with E-state index in [-0.39, 0.29) is 17.0 Å². The first kappa shape index (κ1) is 19.2. The van der Waals surface area contributed by atoms with Crippen LogP contribution in [0.5, 0.6) is 11.5 Å². The fraction of sp³-hybridized carbons (Fsp3) is 0.227. The lowest BCUT2D eigenvalue weighted by molar-refractivity contribution is 0.277. The quantitative estimate of drug-likeness (QED) is 0.626. The predicted octanol–water partition coefficient (Wildman–Crippen LogP) is 4.17. The van der Waals surface area contributed by atoms with Gasteiger partial charge in [-0.15, -0.1) is 0 Å². The maximum absolute atomic E-state index is 12.3. The minimum atomic E-state index is -0.278. The van der Waals surface area contributed by atoms with Crippen LogP contribution in [0.1, 0.15) is 31.7 Å². The van der Waals surface area contributed by atoms with Crippen LogP contribution < -0.4 is 15.0 Å². The monoisotopic (exact) mass is 375 g/mol. The Balaban J connectivity index is 2.02. The third kappa shape index (κ3) is 4.21. The zero-order valence-corrected chi connectivity index (χ0v) is 15.9. The van der Waals surface area contributed by atoms with Crippen LogP contribution >= 0.6 is 0 Å². The molecule has 6 heteroatoms. The van der Waals surface area contributed by atoms with Crippen LogP contribution in [-0.2, 0) is 0 Å². The van der Waals surface area contributed by atoms with Crippen molar-refractivity contribution in [1.29, 1.82) is 5.26 Å². The summed E-state index contributed by atoms with van der Waals surface area (Å²) in [6, 6.07) is 14.6. The zero-order chi connectivity index (χ0) is 19.9. The molecule has 0 atom stereocenters.